The zero-order chi connectivity index (χ0) is 16.5. The van der Waals surface area contributed by atoms with Crippen molar-refractivity contribution in [2.75, 3.05) is 18.5 Å². The second kappa shape index (κ2) is 9.20. The van der Waals surface area contributed by atoms with E-state index in [-0.39, 0.29) is 12.5 Å². The lowest BCUT2D eigenvalue weighted by Gasteiger charge is -2.15. The number of hydrogen-bond donors (Lipinski definition) is 3. The minimum absolute atomic E-state index is 0.0926. The Bertz CT molecular complexity index is 509. The minimum atomic E-state index is -0.661. The fraction of sp³-hybridized carbons (Fsp3) is 0.529. The topological polar surface area (TPSA) is 78.4 Å². The van der Waals surface area contributed by atoms with E-state index in [9.17, 15) is 9.59 Å². The summed E-state index contributed by atoms with van der Waals surface area (Å²) in [6.45, 7) is 6.42. The molecule has 0 aliphatic heterocycles. The highest BCUT2D eigenvalue weighted by atomic mass is 16.3. The summed E-state index contributed by atoms with van der Waals surface area (Å²) in [5.74, 6) is -1.10. The number of anilines is 1. The Kier molecular flexibility index (Phi) is 7.60. The molecule has 0 bridgehead atoms. The molecule has 1 aromatic rings. The predicted molar refractivity (Wildman–Crippen MR) is 87.7 cm³/mol. The summed E-state index contributed by atoms with van der Waals surface area (Å²) in [6.07, 6.45) is 2.53. The summed E-state index contributed by atoms with van der Waals surface area (Å²) in [7, 11) is 0. The first kappa shape index (κ1) is 18.2. The Morgan fingerprint density at radius 3 is 2.50 bits per heavy atom. The molecular weight excluding hydrogens is 280 g/mol. The standard InChI is InChI=1S/C17H26N2O3/c1-4-5-14(8-9-20)11-18-16(21)17(22)19-15-7-6-12(2)10-13(15)3/h6-7,10,14,20H,4-5,8-9,11H2,1-3H3,(H,18,21)(H,19,22). The van der Waals surface area contributed by atoms with Crippen LogP contribution in [0, 0.1) is 19.8 Å². The van der Waals surface area contributed by atoms with Crippen LogP contribution in [0.3, 0.4) is 0 Å². The number of aliphatic hydroxyl groups excluding tert-OH is 1. The number of aliphatic hydroxyl groups is 1. The molecule has 5 nitrogen and oxygen atoms in total. The molecule has 0 aliphatic carbocycles. The molecule has 1 unspecified atom stereocenters. The van der Waals surface area contributed by atoms with Crippen molar-refractivity contribution in [2.24, 2.45) is 5.92 Å². The molecule has 0 spiro atoms. The molecule has 122 valence electrons. The molecule has 2 amide bonds. The van der Waals surface area contributed by atoms with Crippen LogP contribution in [0.4, 0.5) is 5.69 Å². The summed E-state index contributed by atoms with van der Waals surface area (Å²) in [5, 5.41) is 14.3. The molecule has 5 heteroatoms. The van der Waals surface area contributed by atoms with E-state index in [1.54, 1.807) is 6.07 Å². The monoisotopic (exact) mass is 306 g/mol. The van der Waals surface area contributed by atoms with E-state index in [0.717, 1.165) is 24.0 Å². The largest absolute Gasteiger partial charge is 0.396 e. The van der Waals surface area contributed by atoms with Gasteiger partial charge < -0.3 is 15.7 Å². The zero-order valence-electron chi connectivity index (χ0n) is 13.6. The third-order valence-electron chi connectivity index (χ3n) is 3.62. The average Bonchev–Trinajstić information content (AvgIpc) is 2.47. The molecule has 0 fully saturated rings. The van der Waals surface area contributed by atoms with Gasteiger partial charge >= 0.3 is 11.8 Å². The normalized spacial score (nSPS) is 11.8. The van der Waals surface area contributed by atoms with Gasteiger partial charge in [-0.2, -0.15) is 0 Å². The van der Waals surface area contributed by atoms with Crippen LogP contribution in [0.1, 0.15) is 37.3 Å². The van der Waals surface area contributed by atoms with Gasteiger partial charge in [-0.25, -0.2) is 0 Å². The van der Waals surface area contributed by atoms with Crippen molar-refractivity contribution in [2.45, 2.75) is 40.0 Å². The minimum Gasteiger partial charge on any atom is -0.396 e. The molecule has 1 atom stereocenters. The number of carbonyl (C=O) groups is 2. The quantitative estimate of drug-likeness (QED) is 0.675. The van der Waals surface area contributed by atoms with Gasteiger partial charge in [0.15, 0.2) is 0 Å². The number of carbonyl (C=O) groups excluding carboxylic acids is 2. The van der Waals surface area contributed by atoms with Gasteiger partial charge in [0.25, 0.3) is 0 Å². The first-order valence-electron chi connectivity index (χ1n) is 7.75. The van der Waals surface area contributed by atoms with E-state index >= 15 is 0 Å². The van der Waals surface area contributed by atoms with Crippen LogP contribution < -0.4 is 10.6 Å². The molecule has 0 heterocycles. The maximum Gasteiger partial charge on any atom is 0.313 e. The van der Waals surface area contributed by atoms with E-state index in [2.05, 4.69) is 17.6 Å². The van der Waals surface area contributed by atoms with Crippen molar-refractivity contribution in [3.63, 3.8) is 0 Å². The Morgan fingerprint density at radius 1 is 1.18 bits per heavy atom. The van der Waals surface area contributed by atoms with Crippen LogP contribution in [0.25, 0.3) is 0 Å². The summed E-state index contributed by atoms with van der Waals surface area (Å²) in [4.78, 5) is 23.8. The lowest BCUT2D eigenvalue weighted by Crippen LogP contribution is -2.38. The highest BCUT2D eigenvalue weighted by Gasteiger charge is 2.16. The number of rotatable bonds is 7. The van der Waals surface area contributed by atoms with Crippen LogP contribution in [0.5, 0.6) is 0 Å². The molecule has 0 aromatic heterocycles. The first-order chi connectivity index (χ1) is 10.5. The third-order valence-corrected chi connectivity index (χ3v) is 3.62. The SMILES string of the molecule is CCCC(CCO)CNC(=O)C(=O)Nc1ccc(C)cc1C. The smallest absolute Gasteiger partial charge is 0.313 e. The van der Waals surface area contributed by atoms with E-state index in [1.807, 2.05) is 26.0 Å². The lowest BCUT2D eigenvalue weighted by molar-refractivity contribution is -0.136. The van der Waals surface area contributed by atoms with Gasteiger partial charge in [0, 0.05) is 18.8 Å². The molecule has 1 aromatic carbocycles. The summed E-state index contributed by atoms with van der Waals surface area (Å²) in [5.41, 5.74) is 2.67. The average molecular weight is 306 g/mol. The summed E-state index contributed by atoms with van der Waals surface area (Å²) >= 11 is 0. The number of amides is 2. The van der Waals surface area contributed by atoms with Crippen molar-refractivity contribution in [3.8, 4) is 0 Å². The Morgan fingerprint density at radius 2 is 1.91 bits per heavy atom. The maximum absolute atomic E-state index is 11.9. The van der Waals surface area contributed by atoms with Crippen molar-refractivity contribution >= 4 is 17.5 Å². The molecule has 0 saturated heterocycles. The van der Waals surface area contributed by atoms with E-state index in [4.69, 9.17) is 5.11 Å². The van der Waals surface area contributed by atoms with Crippen LogP contribution in [-0.4, -0.2) is 30.1 Å². The van der Waals surface area contributed by atoms with Crippen LogP contribution in [0.2, 0.25) is 0 Å². The van der Waals surface area contributed by atoms with Crippen molar-refractivity contribution in [1.82, 2.24) is 5.32 Å². The fourth-order valence-corrected chi connectivity index (χ4v) is 2.39. The van der Waals surface area contributed by atoms with Crippen LogP contribution >= 0.6 is 0 Å². The van der Waals surface area contributed by atoms with Gasteiger partial charge in [0.2, 0.25) is 0 Å². The number of benzene rings is 1. The molecule has 3 N–H and O–H groups in total. The van der Waals surface area contributed by atoms with E-state index < -0.39 is 11.8 Å². The van der Waals surface area contributed by atoms with Gasteiger partial charge in [-0.3, -0.25) is 9.59 Å². The Balaban J connectivity index is 2.52. The lowest BCUT2D eigenvalue weighted by atomic mass is 10.0. The number of aryl methyl sites for hydroxylation is 2. The van der Waals surface area contributed by atoms with Crippen molar-refractivity contribution < 1.29 is 14.7 Å². The van der Waals surface area contributed by atoms with Crippen molar-refractivity contribution in [3.05, 3.63) is 29.3 Å². The Labute approximate surface area is 132 Å². The van der Waals surface area contributed by atoms with E-state index in [1.165, 1.54) is 0 Å². The van der Waals surface area contributed by atoms with Crippen molar-refractivity contribution in [1.29, 1.82) is 0 Å². The molecule has 0 aliphatic rings. The molecule has 22 heavy (non-hydrogen) atoms. The summed E-state index contributed by atoms with van der Waals surface area (Å²) in [6, 6.07) is 5.63. The molecule has 0 radical (unpaired) electrons. The van der Waals surface area contributed by atoms with Gasteiger partial charge in [-0.15, -0.1) is 0 Å². The molecule has 1 rings (SSSR count). The zero-order valence-corrected chi connectivity index (χ0v) is 13.6. The third kappa shape index (κ3) is 5.85. The van der Waals surface area contributed by atoms with Crippen LogP contribution in [0.15, 0.2) is 18.2 Å². The van der Waals surface area contributed by atoms with Gasteiger partial charge in [0.05, 0.1) is 0 Å². The number of nitrogens with one attached hydrogen (secondary N) is 2. The van der Waals surface area contributed by atoms with E-state index in [0.29, 0.717) is 18.7 Å². The van der Waals surface area contributed by atoms with Crippen LogP contribution in [-0.2, 0) is 9.59 Å². The predicted octanol–water partition coefficient (Wildman–Crippen LogP) is 2.16. The molecular formula is C17H26N2O3. The Hall–Kier alpha value is -1.88. The molecule has 0 saturated carbocycles. The van der Waals surface area contributed by atoms with Gasteiger partial charge in [0.1, 0.15) is 0 Å². The summed E-state index contributed by atoms with van der Waals surface area (Å²) < 4.78 is 0. The van der Waals surface area contributed by atoms with Gasteiger partial charge in [-0.1, -0.05) is 31.0 Å². The highest BCUT2D eigenvalue weighted by Crippen LogP contribution is 2.15. The fourth-order valence-electron chi connectivity index (χ4n) is 2.39. The highest BCUT2D eigenvalue weighted by molar-refractivity contribution is 6.39. The second-order valence-electron chi connectivity index (χ2n) is 5.65. The van der Waals surface area contributed by atoms with Gasteiger partial charge in [-0.05, 0) is 44.2 Å². The second-order valence-corrected chi connectivity index (χ2v) is 5.65. The first-order valence-corrected chi connectivity index (χ1v) is 7.75. The maximum atomic E-state index is 11.9. The number of hydrogen-bond acceptors (Lipinski definition) is 3.